The van der Waals surface area contributed by atoms with Gasteiger partial charge in [-0.25, -0.2) is 0 Å². The van der Waals surface area contributed by atoms with Crippen molar-refractivity contribution in [3.63, 3.8) is 0 Å². The summed E-state index contributed by atoms with van der Waals surface area (Å²) in [5.41, 5.74) is 3.96. The van der Waals surface area contributed by atoms with E-state index in [1.165, 1.54) is 11.7 Å². The Morgan fingerprint density at radius 3 is 2.56 bits per heavy atom. The Hall–Kier alpha value is -3.22. The van der Waals surface area contributed by atoms with Gasteiger partial charge in [0.25, 0.3) is 0 Å². The van der Waals surface area contributed by atoms with Gasteiger partial charge in [0.2, 0.25) is 5.91 Å². The van der Waals surface area contributed by atoms with E-state index < -0.39 is 0 Å². The van der Waals surface area contributed by atoms with Crippen molar-refractivity contribution in [2.75, 3.05) is 5.32 Å². The maximum Gasteiger partial charge on any atom is 0.231 e. The van der Waals surface area contributed by atoms with Crippen LogP contribution in [0.2, 0.25) is 0 Å². The van der Waals surface area contributed by atoms with Crippen LogP contribution in [-0.4, -0.2) is 31.8 Å². The summed E-state index contributed by atoms with van der Waals surface area (Å²) in [6.45, 7) is 5.12. The molecule has 128 valence electrons. The molecule has 0 atom stereocenters. The Morgan fingerprint density at radius 1 is 1.12 bits per heavy atom. The number of carbonyl (C=O) groups excluding carboxylic acids is 2. The molecule has 2 N–H and O–H groups in total. The zero-order chi connectivity index (χ0) is 18.1. The minimum absolute atomic E-state index is 0.126. The number of hydrogen-bond donors (Lipinski definition) is 2. The van der Waals surface area contributed by atoms with Crippen LogP contribution in [0.4, 0.5) is 5.69 Å². The van der Waals surface area contributed by atoms with Gasteiger partial charge in [-0.2, -0.15) is 0 Å². The Balaban J connectivity index is 1.96. The van der Waals surface area contributed by atoms with Crippen molar-refractivity contribution in [2.24, 2.45) is 0 Å². The van der Waals surface area contributed by atoms with Crippen LogP contribution in [0, 0.1) is 13.8 Å². The molecule has 25 heavy (non-hydrogen) atoms. The molecular weight excluding hydrogens is 320 g/mol. The Kier molecular flexibility index (Phi) is 4.22. The maximum atomic E-state index is 11.7. The van der Waals surface area contributed by atoms with E-state index in [1.54, 1.807) is 24.3 Å². The normalized spacial score (nSPS) is 10.8. The summed E-state index contributed by atoms with van der Waals surface area (Å²) in [5, 5.41) is 21.7. The first kappa shape index (κ1) is 16.6. The number of rotatable bonds is 4. The molecule has 0 saturated heterocycles. The van der Waals surface area contributed by atoms with Gasteiger partial charge in [0.05, 0.1) is 6.42 Å². The second-order valence-electron chi connectivity index (χ2n) is 6.07. The minimum atomic E-state index is -0.369. The van der Waals surface area contributed by atoms with Crippen LogP contribution < -0.4 is 5.32 Å². The number of hydrogen-bond acceptors (Lipinski definition) is 5. The molecule has 1 aromatic heterocycles. The lowest BCUT2D eigenvalue weighted by atomic mass is 10.1. The number of amides is 1. The fourth-order valence-electron chi connectivity index (χ4n) is 2.62. The summed E-state index contributed by atoms with van der Waals surface area (Å²) in [7, 11) is 0. The van der Waals surface area contributed by atoms with Crippen molar-refractivity contribution in [3.05, 3.63) is 41.5 Å². The molecule has 7 nitrogen and oxygen atoms in total. The topological polar surface area (TPSA) is 97.1 Å². The van der Waals surface area contributed by atoms with Crippen molar-refractivity contribution in [3.8, 4) is 11.4 Å². The highest BCUT2D eigenvalue weighted by Gasteiger charge is 2.13. The van der Waals surface area contributed by atoms with Gasteiger partial charge >= 0.3 is 0 Å². The monoisotopic (exact) mass is 338 g/mol. The van der Waals surface area contributed by atoms with Gasteiger partial charge in [-0.05, 0) is 56.2 Å². The lowest BCUT2D eigenvalue weighted by molar-refractivity contribution is -0.124. The molecular formula is C18H18N4O3. The Morgan fingerprint density at radius 2 is 1.84 bits per heavy atom. The number of nitrogens with one attached hydrogen (secondary N) is 1. The van der Waals surface area contributed by atoms with Crippen LogP contribution in [0.3, 0.4) is 0 Å². The van der Waals surface area contributed by atoms with Gasteiger partial charge in [0, 0.05) is 5.69 Å². The van der Waals surface area contributed by atoms with Gasteiger partial charge in [0.15, 0.2) is 0 Å². The number of phenolic OH excluding ortho intramolecular Hbond substituents is 1. The third-order valence-corrected chi connectivity index (χ3v) is 3.71. The summed E-state index contributed by atoms with van der Waals surface area (Å²) < 4.78 is 0. The molecule has 0 aliphatic heterocycles. The molecule has 0 radical (unpaired) electrons. The molecule has 0 spiro atoms. The Labute approximate surface area is 144 Å². The van der Waals surface area contributed by atoms with Gasteiger partial charge < -0.3 is 10.4 Å². The van der Waals surface area contributed by atoms with Crippen LogP contribution in [0.5, 0.6) is 5.75 Å². The van der Waals surface area contributed by atoms with E-state index in [1.807, 2.05) is 19.9 Å². The molecule has 0 unspecified atom stereocenters. The third-order valence-electron chi connectivity index (χ3n) is 3.71. The quantitative estimate of drug-likeness (QED) is 0.713. The molecule has 3 aromatic rings. The van der Waals surface area contributed by atoms with Crippen LogP contribution in [0.25, 0.3) is 16.7 Å². The van der Waals surface area contributed by atoms with Gasteiger partial charge in [-0.3, -0.25) is 9.59 Å². The molecule has 0 aliphatic carbocycles. The zero-order valence-corrected chi connectivity index (χ0v) is 14.2. The van der Waals surface area contributed by atoms with Crippen molar-refractivity contribution in [1.82, 2.24) is 15.0 Å². The number of benzene rings is 2. The predicted octanol–water partition coefficient (Wildman–Crippen LogP) is 2.66. The highest BCUT2D eigenvalue weighted by Crippen LogP contribution is 2.27. The summed E-state index contributed by atoms with van der Waals surface area (Å²) in [6.07, 6.45) is -0.166. The van der Waals surface area contributed by atoms with Crippen LogP contribution in [0.1, 0.15) is 24.5 Å². The lowest BCUT2D eigenvalue weighted by Crippen LogP contribution is -2.14. The van der Waals surface area contributed by atoms with E-state index in [4.69, 9.17) is 0 Å². The molecule has 3 rings (SSSR count). The zero-order valence-electron chi connectivity index (χ0n) is 14.2. The first-order valence-electron chi connectivity index (χ1n) is 7.80. The average Bonchev–Trinajstić information content (AvgIpc) is 2.92. The molecule has 0 saturated carbocycles. The molecule has 2 aromatic carbocycles. The van der Waals surface area contributed by atoms with Gasteiger partial charge in [-0.15, -0.1) is 15.0 Å². The maximum absolute atomic E-state index is 11.7. The molecule has 1 heterocycles. The highest BCUT2D eigenvalue weighted by molar-refractivity contribution is 6.04. The standard InChI is InChI=1S/C18H18N4O3/c1-10-6-11(2)18(25)16(7-10)22-20-14-5-4-13(9-15(14)21-22)19-17(24)8-12(3)23/h4-7,9,25H,8H2,1-3H3,(H,19,24). The van der Waals surface area contributed by atoms with E-state index in [0.29, 0.717) is 22.4 Å². The predicted molar refractivity (Wildman–Crippen MR) is 93.9 cm³/mol. The summed E-state index contributed by atoms with van der Waals surface area (Å²) in [6, 6.07) is 8.78. The summed E-state index contributed by atoms with van der Waals surface area (Å²) >= 11 is 0. The molecule has 7 heteroatoms. The largest absolute Gasteiger partial charge is 0.505 e. The van der Waals surface area contributed by atoms with E-state index in [2.05, 4.69) is 15.5 Å². The average molecular weight is 338 g/mol. The summed E-state index contributed by atoms with van der Waals surface area (Å²) in [5.74, 6) is -0.443. The fraction of sp³-hybridized carbons (Fsp3) is 0.222. The first-order chi connectivity index (χ1) is 11.8. The molecule has 0 fully saturated rings. The molecule has 0 aliphatic rings. The first-order valence-corrected chi connectivity index (χ1v) is 7.80. The number of aryl methyl sites for hydroxylation is 2. The van der Waals surface area contributed by atoms with E-state index >= 15 is 0 Å². The number of fused-ring (bicyclic) bond motifs is 1. The number of anilines is 1. The smallest absolute Gasteiger partial charge is 0.231 e. The van der Waals surface area contributed by atoms with Crippen LogP contribution >= 0.6 is 0 Å². The second-order valence-corrected chi connectivity index (χ2v) is 6.07. The third kappa shape index (κ3) is 3.50. The number of nitrogens with zero attached hydrogens (tertiary/aromatic N) is 3. The van der Waals surface area contributed by atoms with Crippen molar-refractivity contribution < 1.29 is 14.7 Å². The van der Waals surface area contributed by atoms with E-state index in [0.717, 1.165) is 11.1 Å². The number of Topliss-reactive ketones (excluding diaryl/α,β-unsaturated/α-hetero) is 1. The Bertz CT molecular complexity index is 991. The number of carbonyl (C=O) groups is 2. The van der Waals surface area contributed by atoms with Gasteiger partial charge in [0.1, 0.15) is 28.3 Å². The van der Waals surface area contributed by atoms with E-state index in [-0.39, 0.29) is 23.9 Å². The molecule has 0 bridgehead atoms. The fourth-order valence-corrected chi connectivity index (χ4v) is 2.62. The number of aromatic hydroxyl groups is 1. The van der Waals surface area contributed by atoms with Gasteiger partial charge in [-0.1, -0.05) is 6.07 Å². The lowest BCUT2D eigenvalue weighted by Gasteiger charge is -2.07. The van der Waals surface area contributed by atoms with Crippen LogP contribution in [-0.2, 0) is 9.59 Å². The van der Waals surface area contributed by atoms with Crippen molar-refractivity contribution in [2.45, 2.75) is 27.2 Å². The minimum Gasteiger partial charge on any atom is -0.505 e. The number of aromatic nitrogens is 3. The van der Waals surface area contributed by atoms with E-state index in [9.17, 15) is 14.7 Å². The highest BCUT2D eigenvalue weighted by atomic mass is 16.3. The number of ketones is 1. The number of phenols is 1. The second kappa shape index (κ2) is 6.35. The van der Waals surface area contributed by atoms with Crippen molar-refractivity contribution in [1.29, 1.82) is 0 Å². The SMILES string of the molecule is CC(=O)CC(=O)Nc1ccc2nn(-c3cc(C)cc(C)c3O)nc2c1. The van der Waals surface area contributed by atoms with Crippen molar-refractivity contribution >= 4 is 28.4 Å². The summed E-state index contributed by atoms with van der Waals surface area (Å²) in [4.78, 5) is 24.1. The van der Waals surface area contributed by atoms with Crippen LogP contribution in [0.15, 0.2) is 30.3 Å². The molecule has 1 amide bonds.